The van der Waals surface area contributed by atoms with Crippen molar-refractivity contribution < 1.29 is 14.7 Å². The van der Waals surface area contributed by atoms with E-state index in [1.165, 1.54) is 4.90 Å². The predicted octanol–water partition coefficient (Wildman–Crippen LogP) is 0.894. The number of rotatable bonds is 2. The molecule has 7 heteroatoms. The van der Waals surface area contributed by atoms with Crippen molar-refractivity contribution in [3.8, 4) is 0 Å². The number of hydrogen-bond acceptors (Lipinski definition) is 4. The zero-order valence-electron chi connectivity index (χ0n) is 13.7. The predicted molar refractivity (Wildman–Crippen MR) is 85.4 cm³/mol. The molecule has 124 valence electrons. The van der Waals surface area contributed by atoms with Crippen LogP contribution in [0.5, 0.6) is 0 Å². The minimum Gasteiger partial charge on any atom is -0.481 e. The summed E-state index contributed by atoms with van der Waals surface area (Å²) in [6, 6.07) is 3.76. The maximum absolute atomic E-state index is 12.2. The van der Waals surface area contributed by atoms with Gasteiger partial charge >= 0.3 is 12.0 Å². The molecule has 0 aliphatic carbocycles. The van der Waals surface area contributed by atoms with Crippen molar-refractivity contribution >= 4 is 17.7 Å². The molecule has 0 bridgehead atoms. The summed E-state index contributed by atoms with van der Waals surface area (Å²) in [6.07, 6.45) is 1.74. The van der Waals surface area contributed by atoms with E-state index in [2.05, 4.69) is 9.88 Å². The molecule has 3 rings (SSSR count). The van der Waals surface area contributed by atoms with Crippen LogP contribution in [0.3, 0.4) is 0 Å². The molecule has 7 nitrogen and oxygen atoms in total. The molecule has 0 radical (unpaired) electrons. The van der Waals surface area contributed by atoms with Crippen molar-refractivity contribution in [1.29, 1.82) is 0 Å². The van der Waals surface area contributed by atoms with E-state index in [4.69, 9.17) is 0 Å². The standard InChI is InChI=1S/C16H22N4O3/c1-11-6-13(4-5-17-11)19-7-12-8-20(15(23)18(2)3)10-16(12,9-19)14(21)22/h4-6,12H,7-10H2,1-3H3,(H,21,22). The van der Waals surface area contributed by atoms with Crippen LogP contribution >= 0.6 is 0 Å². The first-order valence-electron chi connectivity index (χ1n) is 7.71. The van der Waals surface area contributed by atoms with E-state index in [1.54, 1.807) is 25.2 Å². The fraction of sp³-hybridized carbons (Fsp3) is 0.562. The fourth-order valence-corrected chi connectivity index (χ4v) is 3.72. The number of anilines is 1. The van der Waals surface area contributed by atoms with Crippen molar-refractivity contribution in [3.63, 3.8) is 0 Å². The van der Waals surface area contributed by atoms with Gasteiger partial charge in [-0.3, -0.25) is 9.78 Å². The molecule has 2 fully saturated rings. The summed E-state index contributed by atoms with van der Waals surface area (Å²) >= 11 is 0. The van der Waals surface area contributed by atoms with E-state index in [-0.39, 0.29) is 18.5 Å². The van der Waals surface area contributed by atoms with E-state index in [1.807, 2.05) is 19.1 Å². The summed E-state index contributed by atoms with van der Waals surface area (Å²) in [5.41, 5.74) is 1.02. The van der Waals surface area contributed by atoms with Gasteiger partial charge < -0.3 is 19.8 Å². The smallest absolute Gasteiger partial charge is 0.319 e. The lowest BCUT2D eigenvalue weighted by molar-refractivity contribution is -0.148. The molecule has 23 heavy (non-hydrogen) atoms. The van der Waals surface area contributed by atoms with Gasteiger partial charge in [0.05, 0.1) is 0 Å². The highest BCUT2D eigenvalue weighted by Crippen LogP contribution is 2.44. The lowest BCUT2D eigenvalue weighted by atomic mass is 9.81. The summed E-state index contributed by atoms with van der Waals surface area (Å²) in [5, 5.41) is 9.84. The van der Waals surface area contributed by atoms with E-state index < -0.39 is 11.4 Å². The number of carboxylic acid groups (broad SMARTS) is 1. The molecule has 3 heterocycles. The Morgan fingerprint density at radius 2 is 2.09 bits per heavy atom. The molecule has 0 saturated carbocycles. The normalized spacial score (nSPS) is 26.3. The monoisotopic (exact) mass is 318 g/mol. The van der Waals surface area contributed by atoms with Gasteiger partial charge in [0, 0.05) is 63.8 Å². The first kappa shape index (κ1) is 15.6. The van der Waals surface area contributed by atoms with Gasteiger partial charge in [-0.05, 0) is 19.1 Å². The third-order valence-electron chi connectivity index (χ3n) is 4.93. The number of hydrogen-bond donors (Lipinski definition) is 1. The minimum atomic E-state index is -0.886. The van der Waals surface area contributed by atoms with E-state index in [9.17, 15) is 14.7 Å². The van der Waals surface area contributed by atoms with Gasteiger partial charge in [-0.2, -0.15) is 0 Å². The number of carbonyl (C=O) groups excluding carboxylic acids is 1. The minimum absolute atomic E-state index is 0.0580. The third-order valence-corrected chi connectivity index (χ3v) is 4.93. The Bertz CT molecular complexity index is 648. The summed E-state index contributed by atoms with van der Waals surface area (Å²) in [6.45, 7) is 3.75. The van der Waals surface area contributed by atoms with Crippen LogP contribution in [-0.2, 0) is 4.79 Å². The molecular formula is C16H22N4O3. The van der Waals surface area contributed by atoms with Crippen LogP contribution in [0.1, 0.15) is 5.69 Å². The molecule has 2 aliphatic heterocycles. The average molecular weight is 318 g/mol. The van der Waals surface area contributed by atoms with Crippen LogP contribution < -0.4 is 4.90 Å². The first-order chi connectivity index (χ1) is 10.8. The van der Waals surface area contributed by atoms with Crippen molar-refractivity contribution in [2.75, 3.05) is 45.2 Å². The van der Waals surface area contributed by atoms with Gasteiger partial charge in [-0.15, -0.1) is 0 Å². The quantitative estimate of drug-likeness (QED) is 0.876. The van der Waals surface area contributed by atoms with Gasteiger partial charge in [0.15, 0.2) is 0 Å². The van der Waals surface area contributed by atoms with Gasteiger partial charge in [-0.1, -0.05) is 0 Å². The Hall–Kier alpha value is -2.31. The van der Waals surface area contributed by atoms with Crippen LogP contribution in [0.25, 0.3) is 0 Å². The maximum Gasteiger partial charge on any atom is 0.319 e. The molecule has 1 aromatic heterocycles. The second-order valence-corrected chi connectivity index (χ2v) is 6.75. The Morgan fingerprint density at radius 3 is 2.65 bits per heavy atom. The molecule has 2 unspecified atom stereocenters. The SMILES string of the molecule is Cc1cc(N2CC3CN(C(=O)N(C)C)CC3(C(=O)O)C2)ccn1. The molecule has 1 aromatic rings. The number of nitrogens with zero attached hydrogens (tertiary/aromatic N) is 4. The van der Waals surface area contributed by atoms with Crippen molar-refractivity contribution in [1.82, 2.24) is 14.8 Å². The number of aromatic nitrogens is 1. The van der Waals surface area contributed by atoms with E-state index in [0.29, 0.717) is 19.6 Å². The Balaban J connectivity index is 1.84. The Labute approximate surface area is 135 Å². The molecule has 0 aromatic carbocycles. The number of likely N-dealkylation sites (tertiary alicyclic amines) is 1. The Kier molecular flexibility index (Phi) is 3.66. The number of carboxylic acids is 1. The third kappa shape index (κ3) is 2.50. The number of carbonyl (C=O) groups is 2. The number of amides is 2. The number of urea groups is 1. The molecule has 2 saturated heterocycles. The van der Waals surface area contributed by atoms with E-state index >= 15 is 0 Å². The molecule has 2 amide bonds. The summed E-state index contributed by atoms with van der Waals surface area (Å²) in [5.74, 6) is -0.873. The largest absolute Gasteiger partial charge is 0.481 e. The highest BCUT2D eigenvalue weighted by Gasteiger charge is 2.58. The lowest BCUT2D eigenvalue weighted by Crippen LogP contribution is -2.44. The number of pyridine rings is 1. The van der Waals surface area contributed by atoms with Crippen molar-refractivity contribution in [2.45, 2.75) is 6.92 Å². The van der Waals surface area contributed by atoms with Crippen LogP contribution in [0, 0.1) is 18.3 Å². The van der Waals surface area contributed by atoms with Gasteiger partial charge in [0.2, 0.25) is 0 Å². The second-order valence-electron chi connectivity index (χ2n) is 6.75. The zero-order valence-corrected chi connectivity index (χ0v) is 13.7. The van der Waals surface area contributed by atoms with E-state index in [0.717, 1.165) is 11.4 Å². The zero-order chi connectivity index (χ0) is 16.8. The Morgan fingerprint density at radius 1 is 1.35 bits per heavy atom. The molecular weight excluding hydrogens is 296 g/mol. The van der Waals surface area contributed by atoms with Crippen LogP contribution in [0.15, 0.2) is 18.3 Å². The number of fused-ring (bicyclic) bond motifs is 1. The summed E-state index contributed by atoms with van der Waals surface area (Å²) in [7, 11) is 3.38. The maximum atomic E-state index is 12.2. The number of aliphatic carboxylic acids is 1. The van der Waals surface area contributed by atoms with Gasteiger partial charge in [-0.25, -0.2) is 4.79 Å². The summed E-state index contributed by atoms with van der Waals surface area (Å²) < 4.78 is 0. The van der Waals surface area contributed by atoms with Gasteiger partial charge in [0.25, 0.3) is 0 Å². The van der Waals surface area contributed by atoms with Crippen LogP contribution in [0.2, 0.25) is 0 Å². The molecule has 2 atom stereocenters. The van der Waals surface area contributed by atoms with Crippen molar-refractivity contribution in [2.24, 2.45) is 11.3 Å². The lowest BCUT2D eigenvalue weighted by Gasteiger charge is -2.27. The second kappa shape index (κ2) is 5.40. The van der Waals surface area contributed by atoms with Gasteiger partial charge in [0.1, 0.15) is 5.41 Å². The number of aryl methyl sites for hydroxylation is 1. The highest BCUT2D eigenvalue weighted by molar-refractivity contribution is 5.82. The molecule has 0 spiro atoms. The summed E-state index contributed by atoms with van der Waals surface area (Å²) in [4.78, 5) is 33.6. The van der Waals surface area contributed by atoms with Crippen LogP contribution in [0.4, 0.5) is 10.5 Å². The average Bonchev–Trinajstić information content (AvgIpc) is 3.01. The first-order valence-corrected chi connectivity index (χ1v) is 7.71. The van der Waals surface area contributed by atoms with Crippen LogP contribution in [-0.4, -0.2) is 72.2 Å². The highest BCUT2D eigenvalue weighted by atomic mass is 16.4. The molecule has 1 N–H and O–H groups in total. The topological polar surface area (TPSA) is 77.0 Å². The van der Waals surface area contributed by atoms with Crippen molar-refractivity contribution in [3.05, 3.63) is 24.0 Å². The molecule has 2 aliphatic rings. The fourth-order valence-electron chi connectivity index (χ4n) is 3.72.